The molecule has 0 heterocycles. The molecular formula is C24H32N2O4. The van der Waals surface area contributed by atoms with E-state index in [-0.39, 0.29) is 18.4 Å². The average molecular weight is 413 g/mol. The predicted molar refractivity (Wildman–Crippen MR) is 120 cm³/mol. The summed E-state index contributed by atoms with van der Waals surface area (Å²) in [5.41, 5.74) is 4.36. The van der Waals surface area contributed by atoms with Gasteiger partial charge in [0, 0.05) is 18.3 Å². The topological polar surface area (TPSA) is 67.9 Å². The van der Waals surface area contributed by atoms with E-state index in [2.05, 4.69) is 19.2 Å². The summed E-state index contributed by atoms with van der Waals surface area (Å²) in [6, 6.07) is 9.09. The van der Waals surface area contributed by atoms with Crippen LogP contribution in [0.4, 0.5) is 5.69 Å². The highest BCUT2D eigenvalue weighted by Crippen LogP contribution is 2.29. The van der Waals surface area contributed by atoms with Crippen molar-refractivity contribution in [2.45, 2.75) is 34.6 Å². The first-order chi connectivity index (χ1) is 14.1. The van der Waals surface area contributed by atoms with E-state index in [1.807, 2.05) is 32.9 Å². The first-order valence-corrected chi connectivity index (χ1v) is 10.1. The van der Waals surface area contributed by atoms with E-state index in [4.69, 9.17) is 9.47 Å². The summed E-state index contributed by atoms with van der Waals surface area (Å²) in [5.74, 6) is 0.946. The molecule has 0 saturated heterocycles. The van der Waals surface area contributed by atoms with Crippen molar-refractivity contribution in [1.82, 2.24) is 4.90 Å². The number of nitrogens with zero attached hydrogens (tertiary/aromatic N) is 1. The summed E-state index contributed by atoms with van der Waals surface area (Å²) in [7, 11) is 3.14. The molecule has 0 saturated carbocycles. The van der Waals surface area contributed by atoms with Crippen molar-refractivity contribution in [2.75, 3.05) is 32.6 Å². The Morgan fingerprint density at radius 2 is 1.67 bits per heavy atom. The van der Waals surface area contributed by atoms with E-state index in [1.54, 1.807) is 25.2 Å². The number of anilines is 1. The quantitative estimate of drug-likeness (QED) is 0.699. The molecule has 6 heteroatoms. The number of nitrogens with one attached hydrogen (secondary N) is 1. The zero-order valence-corrected chi connectivity index (χ0v) is 19.0. The second-order valence-corrected chi connectivity index (χ2v) is 8.05. The molecule has 0 aliphatic heterocycles. The third kappa shape index (κ3) is 5.99. The summed E-state index contributed by atoms with van der Waals surface area (Å²) in [4.78, 5) is 26.7. The molecule has 0 bridgehead atoms. The molecule has 0 spiro atoms. The Labute approximate surface area is 179 Å². The fourth-order valence-corrected chi connectivity index (χ4v) is 3.24. The molecule has 6 nitrogen and oxygen atoms in total. The Balaban J connectivity index is 2.07. The molecule has 0 atom stereocenters. The first kappa shape index (κ1) is 23.3. The summed E-state index contributed by atoms with van der Waals surface area (Å²) in [5, 5.41) is 2.92. The van der Waals surface area contributed by atoms with E-state index in [0.717, 1.165) is 22.4 Å². The summed E-state index contributed by atoms with van der Waals surface area (Å²) in [6.45, 7) is 10.6. The van der Waals surface area contributed by atoms with Crippen LogP contribution in [0.3, 0.4) is 0 Å². The van der Waals surface area contributed by atoms with Crippen molar-refractivity contribution >= 4 is 17.5 Å². The van der Waals surface area contributed by atoms with Gasteiger partial charge in [0.05, 0.1) is 20.3 Å². The molecule has 0 aliphatic rings. The molecule has 0 aliphatic carbocycles. The summed E-state index contributed by atoms with van der Waals surface area (Å²) < 4.78 is 11.1. The number of likely N-dealkylation sites (N-methyl/N-ethyl adjacent to an activating group) is 1. The Morgan fingerprint density at radius 1 is 1.03 bits per heavy atom. The monoisotopic (exact) mass is 412 g/mol. The minimum atomic E-state index is -0.267. The Morgan fingerprint density at radius 3 is 2.23 bits per heavy atom. The van der Waals surface area contributed by atoms with E-state index in [9.17, 15) is 9.59 Å². The van der Waals surface area contributed by atoms with Crippen LogP contribution in [0.2, 0.25) is 0 Å². The number of carbonyl (C=O) groups is 2. The highest BCUT2D eigenvalue weighted by molar-refractivity contribution is 6.00. The van der Waals surface area contributed by atoms with E-state index in [0.29, 0.717) is 29.6 Å². The maximum Gasteiger partial charge on any atom is 0.254 e. The van der Waals surface area contributed by atoms with E-state index >= 15 is 0 Å². The largest absolute Gasteiger partial charge is 0.493 e. The predicted octanol–water partition coefficient (Wildman–Crippen LogP) is 4.37. The normalized spacial score (nSPS) is 10.7. The van der Waals surface area contributed by atoms with Gasteiger partial charge >= 0.3 is 0 Å². The number of hydrogen-bond donors (Lipinski definition) is 1. The third-order valence-corrected chi connectivity index (χ3v) is 4.65. The SMILES string of the molecule is COc1cc(C(=O)N(C)CC(=O)Nc2c(C)cc(C)cc2C)ccc1OCC(C)C. The second-order valence-electron chi connectivity index (χ2n) is 8.05. The summed E-state index contributed by atoms with van der Waals surface area (Å²) >= 11 is 0. The number of aryl methyl sites for hydroxylation is 3. The van der Waals surface area contributed by atoms with Crippen molar-refractivity contribution in [2.24, 2.45) is 5.92 Å². The number of amides is 2. The lowest BCUT2D eigenvalue weighted by atomic mass is 10.1. The lowest BCUT2D eigenvalue weighted by Gasteiger charge is -2.19. The van der Waals surface area contributed by atoms with Crippen LogP contribution >= 0.6 is 0 Å². The first-order valence-electron chi connectivity index (χ1n) is 10.1. The number of hydrogen-bond acceptors (Lipinski definition) is 4. The number of rotatable bonds is 8. The van der Waals surface area contributed by atoms with Gasteiger partial charge in [-0.15, -0.1) is 0 Å². The molecule has 2 rings (SSSR count). The van der Waals surface area contributed by atoms with Crippen molar-refractivity contribution < 1.29 is 19.1 Å². The molecular weight excluding hydrogens is 380 g/mol. The van der Waals surface area contributed by atoms with Gasteiger partial charge in [-0.3, -0.25) is 9.59 Å². The lowest BCUT2D eigenvalue weighted by molar-refractivity contribution is -0.116. The van der Waals surface area contributed by atoms with Gasteiger partial charge in [-0.1, -0.05) is 31.5 Å². The smallest absolute Gasteiger partial charge is 0.254 e. The Hall–Kier alpha value is -3.02. The Kier molecular flexibility index (Phi) is 7.86. The lowest BCUT2D eigenvalue weighted by Crippen LogP contribution is -2.35. The molecule has 0 aromatic heterocycles. The number of benzene rings is 2. The van der Waals surface area contributed by atoms with Gasteiger partial charge < -0.3 is 19.7 Å². The maximum atomic E-state index is 12.8. The van der Waals surface area contributed by atoms with Gasteiger partial charge in [0.2, 0.25) is 5.91 Å². The molecule has 162 valence electrons. The molecule has 2 aromatic carbocycles. The maximum absolute atomic E-state index is 12.8. The van der Waals surface area contributed by atoms with E-state index in [1.165, 1.54) is 12.0 Å². The van der Waals surface area contributed by atoms with Crippen molar-refractivity contribution in [1.29, 1.82) is 0 Å². The molecule has 0 unspecified atom stereocenters. The van der Waals surface area contributed by atoms with Gasteiger partial charge in [0.15, 0.2) is 11.5 Å². The molecule has 0 radical (unpaired) electrons. The minimum Gasteiger partial charge on any atom is -0.493 e. The molecule has 2 amide bonds. The molecule has 1 N–H and O–H groups in total. The van der Waals surface area contributed by atoms with Gasteiger partial charge in [0.1, 0.15) is 0 Å². The Bertz CT molecular complexity index is 898. The summed E-state index contributed by atoms with van der Waals surface area (Å²) in [6.07, 6.45) is 0. The fraction of sp³-hybridized carbons (Fsp3) is 0.417. The van der Waals surface area contributed by atoms with Crippen LogP contribution in [-0.4, -0.2) is 44.0 Å². The number of ether oxygens (including phenoxy) is 2. The minimum absolute atomic E-state index is 0.0560. The van der Waals surface area contributed by atoms with Crippen LogP contribution in [0.1, 0.15) is 40.9 Å². The highest BCUT2D eigenvalue weighted by atomic mass is 16.5. The number of carbonyl (C=O) groups excluding carboxylic acids is 2. The highest BCUT2D eigenvalue weighted by Gasteiger charge is 2.18. The number of methoxy groups -OCH3 is 1. The standard InChI is InChI=1S/C24H32N2O4/c1-15(2)14-30-20-9-8-19(12-21(20)29-7)24(28)26(6)13-22(27)25-23-17(4)10-16(3)11-18(23)5/h8-12,15H,13-14H2,1-7H3,(H,25,27). The van der Waals surface area contributed by atoms with Gasteiger partial charge in [-0.25, -0.2) is 0 Å². The second kappa shape index (κ2) is 10.1. The average Bonchev–Trinajstić information content (AvgIpc) is 2.68. The zero-order chi connectivity index (χ0) is 22.4. The molecule has 2 aromatic rings. The van der Waals surface area contributed by atoms with Crippen LogP contribution in [0.25, 0.3) is 0 Å². The molecule has 0 fully saturated rings. The van der Waals surface area contributed by atoms with Crippen LogP contribution < -0.4 is 14.8 Å². The van der Waals surface area contributed by atoms with Gasteiger partial charge in [0.25, 0.3) is 5.91 Å². The zero-order valence-electron chi connectivity index (χ0n) is 19.0. The van der Waals surface area contributed by atoms with Gasteiger partial charge in [-0.05, 0) is 56.0 Å². The van der Waals surface area contributed by atoms with Gasteiger partial charge in [-0.2, -0.15) is 0 Å². The third-order valence-electron chi connectivity index (χ3n) is 4.65. The van der Waals surface area contributed by atoms with E-state index < -0.39 is 0 Å². The van der Waals surface area contributed by atoms with Crippen LogP contribution in [-0.2, 0) is 4.79 Å². The van der Waals surface area contributed by atoms with Crippen LogP contribution in [0, 0.1) is 26.7 Å². The fourth-order valence-electron chi connectivity index (χ4n) is 3.24. The van der Waals surface area contributed by atoms with Crippen molar-refractivity contribution in [3.05, 3.63) is 52.6 Å². The molecule has 30 heavy (non-hydrogen) atoms. The van der Waals surface area contributed by atoms with Crippen molar-refractivity contribution in [3.8, 4) is 11.5 Å². The van der Waals surface area contributed by atoms with Crippen molar-refractivity contribution in [3.63, 3.8) is 0 Å². The van der Waals surface area contributed by atoms with Crippen LogP contribution in [0.15, 0.2) is 30.3 Å². The van der Waals surface area contributed by atoms with Crippen LogP contribution in [0.5, 0.6) is 11.5 Å².